The van der Waals surface area contributed by atoms with Crippen LogP contribution in [0.2, 0.25) is 0 Å². The fraction of sp³-hybridized carbons (Fsp3) is 0.529. The molecule has 3 amide bonds. The molecule has 0 aliphatic carbocycles. The Bertz CT molecular complexity index is 665. The fourth-order valence-electron chi connectivity index (χ4n) is 3.02. The van der Waals surface area contributed by atoms with Crippen molar-refractivity contribution < 1.29 is 14.5 Å². The second-order valence-corrected chi connectivity index (χ2v) is 5.94. The van der Waals surface area contributed by atoms with Crippen molar-refractivity contribution in [2.45, 2.75) is 20.8 Å². The van der Waals surface area contributed by atoms with E-state index in [1.807, 2.05) is 13.8 Å². The minimum atomic E-state index is -0.479. The van der Waals surface area contributed by atoms with Crippen LogP contribution in [-0.4, -0.2) is 70.8 Å². The average molecular weight is 348 g/mol. The molecule has 0 N–H and O–H groups in total. The molecule has 136 valence electrons. The van der Waals surface area contributed by atoms with Gasteiger partial charge in [0.2, 0.25) is 0 Å². The lowest BCUT2D eigenvalue weighted by Gasteiger charge is -2.37. The summed E-state index contributed by atoms with van der Waals surface area (Å²) >= 11 is 0. The molecule has 1 aromatic rings. The Morgan fingerprint density at radius 2 is 1.68 bits per heavy atom. The van der Waals surface area contributed by atoms with Gasteiger partial charge in [-0.05, 0) is 26.8 Å². The van der Waals surface area contributed by atoms with Gasteiger partial charge in [-0.2, -0.15) is 0 Å². The summed E-state index contributed by atoms with van der Waals surface area (Å²) in [6, 6.07) is 4.52. The number of amides is 3. The van der Waals surface area contributed by atoms with Crippen molar-refractivity contribution in [3.05, 3.63) is 39.4 Å². The molecule has 0 spiro atoms. The second kappa shape index (κ2) is 7.96. The molecule has 0 atom stereocenters. The van der Waals surface area contributed by atoms with E-state index in [9.17, 15) is 19.7 Å². The number of carbonyl (C=O) groups excluding carboxylic acids is 2. The molecular formula is C17H24N4O4. The van der Waals surface area contributed by atoms with Gasteiger partial charge >= 0.3 is 6.03 Å². The summed E-state index contributed by atoms with van der Waals surface area (Å²) in [5.74, 6) is -0.226. The molecule has 1 aliphatic heterocycles. The van der Waals surface area contributed by atoms with Gasteiger partial charge in [0, 0.05) is 56.5 Å². The number of nitro groups is 1. The van der Waals surface area contributed by atoms with Crippen LogP contribution in [0.5, 0.6) is 0 Å². The van der Waals surface area contributed by atoms with Crippen molar-refractivity contribution in [2.75, 3.05) is 39.3 Å². The molecule has 8 nitrogen and oxygen atoms in total. The van der Waals surface area contributed by atoms with Crippen molar-refractivity contribution in [1.29, 1.82) is 0 Å². The molecule has 0 radical (unpaired) electrons. The zero-order valence-electron chi connectivity index (χ0n) is 14.9. The van der Waals surface area contributed by atoms with Gasteiger partial charge in [-0.1, -0.05) is 6.07 Å². The van der Waals surface area contributed by atoms with Gasteiger partial charge in [0.05, 0.1) is 4.92 Å². The SMILES string of the molecule is CCN(CC)C(=O)N1CCN(C(=O)c2cccc([N+](=O)[O-])c2C)CC1. The van der Waals surface area contributed by atoms with E-state index in [0.717, 1.165) is 0 Å². The predicted molar refractivity (Wildman–Crippen MR) is 93.6 cm³/mol. The number of urea groups is 1. The number of nitrogens with zero attached hydrogens (tertiary/aromatic N) is 4. The van der Waals surface area contributed by atoms with E-state index in [4.69, 9.17) is 0 Å². The van der Waals surface area contributed by atoms with Gasteiger partial charge in [-0.3, -0.25) is 14.9 Å². The summed E-state index contributed by atoms with van der Waals surface area (Å²) in [5.41, 5.74) is 0.665. The molecule has 1 aromatic carbocycles. The molecule has 0 aromatic heterocycles. The summed E-state index contributed by atoms with van der Waals surface area (Å²) in [5, 5.41) is 11.0. The van der Waals surface area contributed by atoms with Gasteiger partial charge < -0.3 is 14.7 Å². The van der Waals surface area contributed by atoms with Crippen molar-refractivity contribution >= 4 is 17.6 Å². The molecule has 8 heteroatoms. The van der Waals surface area contributed by atoms with Crippen LogP contribution >= 0.6 is 0 Å². The van der Waals surface area contributed by atoms with Gasteiger partial charge in [0.25, 0.3) is 11.6 Å². The van der Waals surface area contributed by atoms with Crippen LogP contribution in [0.3, 0.4) is 0 Å². The van der Waals surface area contributed by atoms with Crippen molar-refractivity contribution in [3.63, 3.8) is 0 Å². The molecule has 25 heavy (non-hydrogen) atoms. The Hall–Kier alpha value is -2.64. The zero-order valence-corrected chi connectivity index (χ0v) is 14.9. The maximum atomic E-state index is 12.7. The molecule has 1 aliphatic rings. The fourth-order valence-corrected chi connectivity index (χ4v) is 3.02. The average Bonchev–Trinajstić information content (AvgIpc) is 2.62. The Morgan fingerprint density at radius 1 is 1.12 bits per heavy atom. The number of nitro benzene ring substituents is 1. The van der Waals surface area contributed by atoms with Gasteiger partial charge in [-0.15, -0.1) is 0 Å². The minimum Gasteiger partial charge on any atom is -0.335 e. The first-order valence-corrected chi connectivity index (χ1v) is 8.47. The number of piperazine rings is 1. The van der Waals surface area contributed by atoms with E-state index in [1.165, 1.54) is 12.1 Å². The predicted octanol–water partition coefficient (Wildman–Crippen LogP) is 2.12. The zero-order chi connectivity index (χ0) is 18.6. The molecule has 1 saturated heterocycles. The Labute approximate surface area is 147 Å². The van der Waals surface area contributed by atoms with Gasteiger partial charge in [-0.25, -0.2) is 4.79 Å². The van der Waals surface area contributed by atoms with Crippen LogP contribution in [0, 0.1) is 17.0 Å². The maximum absolute atomic E-state index is 12.7. The standard InChI is InChI=1S/C17H24N4O4/c1-4-18(5-2)17(23)20-11-9-19(10-12-20)16(22)14-7-6-8-15(13(14)3)21(24)25/h6-8H,4-5,9-12H2,1-3H3. The maximum Gasteiger partial charge on any atom is 0.320 e. The van der Waals surface area contributed by atoms with Gasteiger partial charge in [0.1, 0.15) is 0 Å². The lowest BCUT2D eigenvalue weighted by molar-refractivity contribution is -0.385. The molecular weight excluding hydrogens is 324 g/mol. The van der Waals surface area contributed by atoms with E-state index in [2.05, 4.69) is 0 Å². The number of carbonyl (C=O) groups is 2. The third-order valence-corrected chi connectivity index (χ3v) is 4.60. The van der Waals surface area contributed by atoms with E-state index >= 15 is 0 Å². The third-order valence-electron chi connectivity index (χ3n) is 4.60. The number of hydrogen-bond donors (Lipinski definition) is 0. The molecule has 1 heterocycles. The van der Waals surface area contributed by atoms with Crippen molar-refractivity contribution in [1.82, 2.24) is 14.7 Å². The summed E-state index contributed by atoms with van der Waals surface area (Å²) in [6.45, 7) is 8.55. The van der Waals surface area contributed by atoms with Crippen LogP contribution in [-0.2, 0) is 0 Å². The third kappa shape index (κ3) is 3.89. The molecule has 1 fully saturated rings. The highest BCUT2D eigenvalue weighted by molar-refractivity contribution is 5.96. The van der Waals surface area contributed by atoms with Gasteiger partial charge in [0.15, 0.2) is 0 Å². The summed E-state index contributed by atoms with van der Waals surface area (Å²) < 4.78 is 0. The molecule has 0 bridgehead atoms. The van der Waals surface area contributed by atoms with Crippen LogP contribution in [0.1, 0.15) is 29.8 Å². The first kappa shape index (κ1) is 18.7. The largest absolute Gasteiger partial charge is 0.335 e. The van der Waals surface area contributed by atoms with E-state index < -0.39 is 4.92 Å². The number of benzene rings is 1. The lowest BCUT2D eigenvalue weighted by Crippen LogP contribution is -2.54. The quantitative estimate of drug-likeness (QED) is 0.616. The topological polar surface area (TPSA) is 87.0 Å². The first-order valence-electron chi connectivity index (χ1n) is 8.47. The second-order valence-electron chi connectivity index (χ2n) is 5.94. The number of hydrogen-bond acceptors (Lipinski definition) is 4. The number of rotatable bonds is 4. The van der Waals surface area contributed by atoms with Crippen LogP contribution < -0.4 is 0 Å². The minimum absolute atomic E-state index is 0.0105. The van der Waals surface area contributed by atoms with Crippen molar-refractivity contribution in [3.8, 4) is 0 Å². The van der Waals surface area contributed by atoms with E-state index in [0.29, 0.717) is 50.4 Å². The molecule has 2 rings (SSSR count). The monoisotopic (exact) mass is 348 g/mol. The van der Waals surface area contributed by atoms with Crippen LogP contribution in [0.4, 0.5) is 10.5 Å². The van der Waals surface area contributed by atoms with E-state index in [-0.39, 0.29) is 17.6 Å². The Kier molecular flexibility index (Phi) is 5.95. The summed E-state index contributed by atoms with van der Waals surface area (Å²) in [7, 11) is 0. The molecule has 0 unspecified atom stereocenters. The molecule has 0 saturated carbocycles. The first-order chi connectivity index (χ1) is 11.9. The Balaban J connectivity index is 2.06. The highest BCUT2D eigenvalue weighted by atomic mass is 16.6. The smallest absolute Gasteiger partial charge is 0.320 e. The summed E-state index contributed by atoms with van der Waals surface area (Å²) in [6.07, 6.45) is 0. The summed E-state index contributed by atoms with van der Waals surface area (Å²) in [4.78, 5) is 40.8. The van der Waals surface area contributed by atoms with Crippen LogP contribution in [0.15, 0.2) is 18.2 Å². The normalized spacial score (nSPS) is 14.4. The van der Waals surface area contributed by atoms with Crippen molar-refractivity contribution in [2.24, 2.45) is 0 Å². The highest BCUT2D eigenvalue weighted by Gasteiger charge is 2.28. The highest BCUT2D eigenvalue weighted by Crippen LogP contribution is 2.22. The van der Waals surface area contributed by atoms with E-state index in [1.54, 1.807) is 27.7 Å². The van der Waals surface area contributed by atoms with Crippen LogP contribution in [0.25, 0.3) is 0 Å². The Morgan fingerprint density at radius 3 is 2.20 bits per heavy atom. The lowest BCUT2D eigenvalue weighted by atomic mass is 10.1.